The van der Waals surface area contributed by atoms with Crippen molar-refractivity contribution in [3.8, 4) is 0 Å². The second kappa shape index (κ2) is 12.1. The largest absolute Gasteiger partial charge is 0.467 e. The molecule has 3 aromatic rings. The smallest absolute Gasteiger partial charge is 0.251 e. The Morgan fingerprint density at radius 2 is 1.65 bits per heavy atom. The number of Topliss-reactive ketones (excluding diaryl/α,β-unsaturated/α-hetero) is 2. The van der Waals surface area contributed by atoms with Crippen molar-refractivity contribution in [2.24, 2.45) is 0 Å². The fourth-order valence-electron chi connectivity index (χ4n) is 3.44. The molecule has 2 amide bonds. The monoisotopic (exact) mass is 480 g/mol. The van der Waals surface area contributed by atoms with E-state index in [1.807, 2.05) is 13.0 Å². The summed E-state index contributed by atoms with van der Waals surface area (Å²) in [5, 5.41) is 2.58. The van der Waals surface area contributed by atoms with E-state index in [9.17, 15) is 19.2 Å². The van der Waals surface area contributed by atoms with Gasteiger partial charge in [-0.25, -0.2) is 0 Å². The van der Waals surface area contributed by atoms with Crippen molar-refractivity contribution >= 4 is 34.7 Å². The maximum Gasteiger partial charge on any atom is 0.251 e. The van der Waals surface area contributed by atoms with Crippen LogP contribution in [0.1, 0.15) is 61.9 Å². The zero-order valence-electron chi connectivity index (χ0n) is 19.3. The molecule has 2 heterocycles. The van der Waals surface area contributed by atoms with E-state index >= 15 is 0 Å². The number of aryl methyl sites for hydroxylation is 1. The Bertz CT molecular complexity index is 1130. The lowest BCUT2D eigenvalue weighted by atomic mass is 10.1. The van der Waals surface area contributed by atoms with Crippen LogP contribution in [0.5, 0.6) is 0 Å². The SMILES string of the molecule is CNC(=O)c1ccc(CN(Cc2ccco2)C(=O)CCC(=O)CCC(=O)c2ccc(C)s2)cc1. The first kappa shape index (κ1) is 25.1. The molecule has 0 aliphatic heterocycles. The summed E-state index contributed by atoms with van der Waals surface area (Å²) in [6, 6.07) is 14.2. The van der Waals surface area contributed by atoms with Gasteiger partial charge in [-0.2, -0.15) is 0 Å². The quantitative estimate of drug-likeness (QED) is 0.384. The van der Waals surface area contributed by atoms with Gasteiger partial charge in [-0.1, -0.05) is 12.1 Å². The second-order valence-corrected chi connectivity index (χ2v) is 9.27. The number of ketones is 2. The Morgan fingerprint density at radius 1 is 0.912 bits per heavy atom. The third-order valence-electron chi connectivity index (χ3n) is 5.36. The lowest BCUT2D eigenvalue weighted by Crippen LogP contribution is -2.30. The number of hydrogen-bond acceptors (Lipinski definition) is 6. The van der Waals surface area contributed by atoms with Crippen molar-refractivity contribution in [2.75, 3.05) is 7.05 Å². The van der Waals surface area contributed by atoms with E-state index < -0.39 is 0 Å². The van der Waals surface area contributed by atoms with Crippen molar-refractivity contribution in [3.05, 3.63) is 81.4 Å². The third-order valence-corrected chi connectivity index (χ3v) is 6.40. The predicted octanol–water partition coefficient (Wildman–Crippen LogP) is 4.55. The Morgan fingerprint density at radius 3 is 2.26 bits per heavy atom. The number of nitrogens with one attached hydrogen (secondary N) is 1. The van der Waals surface area contributed by atoms with Crippen LogP contribution in [0.2, 0.25) is 0 Å². The van der Waals surface area contributed by atoms with E-state index in [0.29, 0.717) is 22.7 Å². The fraction of sp³-hybridized carbons (Fsp3) is 0.308. The molecule has 0 fully saturated rings. The van der Waals surface area contributed by atoms with E-state index in [-0.39, 0.29) is 55.6 Å². The molecule has 0 radical (unpaired) electrons. The number of amides is 2. The normalized spacial score (nSPS) is 10.6. The first-order valence-electron chi connectivity index (χ1n) is 11.1. The topological polar surface area (TPSA) is 96.7 Å². The number of rotatable bonds is 12. The molecule has 2 aromatic heterocycles. The van der Waals surface area contributed by atoms with Gasteiger partial charge in [0.1, 0.15) is 11.5 Å². The summed E-state index contributed by atoms with van der Waals surface area (Å²) in [4.78, 5) is 52.6. The van der Waals surface area contributed by atoms with Gasteiger partial charge in [-0.05, 0) is 48.9 Å². The van der Waals surface area contributed by atoms with Gasteiger partial charge in [-0.15, -0.1) is 11.3 Å². The molecule has 3 rings (SSSR count). The molecule has 1 N–H and O–H groups in total. The molecular weight excluding hydrogens is 452 g/mol. The summed E-state index contributed by atoms with van der Waals surface area (Å²) in [6.07, 6.45) is 1.97. The first-order valence-corrected chi connectivity index (χ1v) is 11.9. The molecule has 0 aliphatic carbocycles. The minimum Gasteiger partial charge on any atom is -0.467 e. The van der Waals surface area contributed by atoms with Gasteiger partial charge < -0.3 is 14.6 Å². The molecule has 0 bridgehead atoms. The van der Waals surface area contributed by atoms with Crippen molar-refractivity contribution < 1.29 is 23.6 Å². The number of hydrogen-bond donors (Lipinski definition) is 1. The molecular formula is C26H28N2O5S. The van der Waals surface area contributed by atoms with Gasteiger partial charge in [0, 0.05) is 49.7 Å². The lowest BCUT2D eigenvalue weighted by molar-refractivity contribution is -0.134. The van der Waals surface area contributed by atoms with Crippen molar-refractivity contribution in [1.29, 1.82) is 0 Å². The minimum atomic E-state index is -0.180. The number of carbonyl (C=O) groups excluding carboxylic acids is 4. The lowest BCUT2D eigenvalue weighted by Gasteiger charge is -2.22. The summed E-state index contributed by atoms with van der Waals surface area (Å²) in [5.41, 5.74) is 1.39. The maximum atomic E-state index is 13.0. The average molecular weight is 481 g/mol. The number of nitrogens with zero attached hydrogens (tertiary/aromatic N) is 1. The predicted molar refractivity (Wildman–Crippen MR) is 130 cm³/mol. The molecule has 1 aromatic carbocycles. The van der Waals surface area contributed by atoms with Crippen molar-refractivity contribution in [3.63, 3.8) is 0 Å². The molecule has 0 atom stereocenters. The average Bonchev–Trinajstić information content (AvgIpc) is 3.52. The first-order chi connectivity index (χ1) is 16.4. The van der Waals surface area contributed by atoms with Gasteiger partial charge in [0.25, 0.3) is 5.91 Å². The summed E-state index contributed by atoms with van der Waals surface area (Å²) in [5.74, 6) is 0.125. The molecule has 0 aliphatic rings. The van der Waals surface area contributed by atoms with E-state index in [2.05, 4.69) is 5.32 Å². The Kier molecular flexibility index (Phi) is 8.93. The van der Waals surface area contributed by atoms with Crippen molar-refractivity contribution in [2.45, 2.75) is 45.7 Å². The molecule has 0 unspecified atom stereocenters. The van der Waals surface area contributed by atoms with Gasteiger partial charge in [0.15, 0.2) is 5.78 Å². The zero-order valence-corrected chi connectivity index (χ0v) is 20.2. The highest BCUT2D eigenvalue weighted by molar-refractivity contribution is 7.14. The highest BCUT2D eigenvalue weighted by Gasteiger charge is 2.18. The summed E-state index contributed by atoms with van der Waals surface area (Å²) >= 11 is 1.42. The van der Waals surface area contributed by atoms with E-state index in [1.54, 1.807) is 60.7 Å². The molecule has 178 valence electrons. The van der Waals surface area contributed by atoms with E-state index in [0.717, 1.165) is 10.4 Å². The van der Waals surface area contributed by atoms with E-state index in [1.165, 1.54) is 11.3 Å². The van der Waals surface area contributed by atoms with Crippen LogP contribution in [-0.2, 0) is 22.7 Å². The van der Waals surface area contributed by atoms with Gasteiger partial charge >= 0.3 is 0 Å². The third kappa shape index (κ3) is 7.25. The number of furan rings is 1. The molecule has 7 nitrogen and oxygen atoms in total. The molecule has 34 heavy (non-hydrogen) atoms. The standard InChI is InChI=1S/C26H28N2O5S/c1-18-5-13-24(34-18)23(30)12-10-21(29)11-14-25(31)28(17-22-4-3-15-33-22)16-19-6-8-20(9-7-19)26(32)27-2/h3-9,13,15H,10-12,14,16-17H2,1-2H3,(H,27,32). The molecule has 8 heteroatoms. The Hall–Kier alpha value is -3.52. The number of carbonyl (C=O) groups is 4. The van der Waals surface area contributed by atoms with Gasteiger partial charge in [0.2, 0.25) is 5.91 Å². The van der Waals surface area contributed by atoms with Crippen molar-refractivity contribution in [1.82, 2.24) is 10.2 Å². The number of benzene rings is 1. The fourth-order valence-corrected chi connectivity index (χ4v) is 4.27. The zero-order chi connectivity index (χ0) is 24.5. The Balaban J connectivity index is 1.56. The second-order valence-electron chi connectivity index (χ2n) is 7.98. The summed E-state index contributed by atoms with van der Waals surface area (Å²) in [7, 11) is 1.57. The van der Waals surface area contributed by atoms with Crippen LogP contribution in [0, 0.1) is 6.92 Å². The molecule has 0 saturated heterocycles. The van der Waals surface area contributed by atoms with Crippen LogP contribution >= 0.6 is 11.3 Å². The highest BCUT2D eigenvalue weighted by Crippen LogP contribution is 2.18. The molecule has 0 saturated carbocycles. The molecule has 0 spiro atoms. The van der Waals surface area contributed by atoms with E-state index in [4.69, 9.17) is 4.42 Å². The minimum absolute atomic E-state index is 0.0441. The van der Waals surface area contributed by atoms with Crippen LogP contribution in [0.15, 0.2) is 59.2 Å². The summed E-state index contributed by atoms with van der Waals surface area (Å²) < 4.78 is 5.40. The Labute approximate surface area is 202 Å². The van der Waals surface area contributed by atoms with Crippen LogP contribution in [0.3, 0.4) is 0 Å². The maximum absolute atomic E-state index is 13.0. The summed E-state index contributed by atoms with van der Waals surface area (Å²) in [6.45, 7) is 2.52. The van der Waals surface area contributed by atoms with Gasteiger partial charge in [0.05, 0.1) is 17.7 Å². The van der Waals surface area contributed by atoms with Crippen LogP contribution in [0.25, 0.3) is 0 Å². The number of thiophene rings is 1. The van der Waals surface area contributed by atoms with Crippen LogP contribution in [0.4, 0.5) is 0 Å². The van der Waals surface area contributed by atoms with Crippen LogP contribution in [-0.4, -0.2) is 35.3 Å². The van der Waals surface area contributed by atoms with Gasteiger partial charge in [-0.3, -0.25) is 19.2 Å². The highest BCUT2D eigenvalue weighted by atomic mass is 32.1. The van der Waals surface area contributed by atoms with Crippen LogP contribution < -0.4 is 5.32 Å².